The molecule has 0 aliphatic carbocycles. The van der Waals surface area contributed by atoms with Crippen LogP contribution in [0.4, 0.5) is 0 Å². The Kier molecular flexibility index (Phi) is 10.2. The fourth-order valence-electron chi connectivity index (χ4n) is 3.92. The molecule has 0 aromatic heterocycles. The summed E-state index contributed by atoms with van der Waals surface area (Å²) in [6.07, 6.45) is 3.62. The second-order valence-corrected chi connectivity index (χ2v) is 21.2. The average molecular weight is 644 g/mol. The Labute approximate surface area is 218 Å². The Balaban J connectivity index is 1.57. The monoisotopic (exact) mass is 641 g/mol. The summed E-state index contributed by atoms with van der Waals surface area (Å²) in [6.45, 7) is 0. The number of benzene rings is 4. The molecule has 1 atom stereocenters. The third kappa shape index (κ3) is 7.10. The molecule has 0 saturated carbocycles. The van der Waals surface area contributed by atoms with Crippen LogP contribution in [0.5, 0.6) is 0 Å². The van der Waals surface area contributed by atoms with Crippen LogP contribution in [0.3, 0.4) is 0 Å². The van der Waals surface area contributed by atoms with Crippen LogP contribution >= 0.6 is 44.3 Å². The molecular formula is C28H27Br2NiP2. The fraction of sp³-hybridized carbons (Fsp3) is 0.143. The van der Waals surface area contributed by atoms with E-state index in [9.17, 15) is 0 Å². The van der Waals surface area contributed by atoms with Gasteiger partial charge in [0.25, 0.3) is 0 Å². The van der Waals surface area contributed by atoms with E-state index < -0.39 is 7.92 Å². The zero-order valence-corrected chi connectivity index (χ0v) is 24.2. The number of rotatable bonds is 10. The van der Waals surface area contributed by atoms with E-state index in [1.54, 1.807) is 0 Å². The van der Waals surface area contributed by atoms with Gasteiger partial charge in [0.05, 0.1) is 0 Å². The first-order valence-corrected chi connectivity index (χ1v) is 19.3. The summed E-state index contributed by atoms with van der Waals surface area (Å²) in [6, 6.07) is 44.3. The third-order valence-corrected chi connectivity index (χ3v) is 17.5. The van der Waals surface area contributed by atoms with Crippen molar-refractivity contribution in [2.24, 2.45) is 0 Å². The van der Waals surface area contributed by atoms with Crippen LogP contribution < -0.4 is 21.2 Å². The second kappa shape index (κ2) is 13.3. The van der Waals surface area contributed by atoms with Gasteiger partial charge < -0.3 is 0 Å². The molecule has 0 N–H and O–H groups in total. The predicted octanol–water partition coefficient (Wildman–Crippen LogP) is 7.60. The van der Waals surface area contributed by atoms with E-state index in [1.165, 1.54) is 40.2 Å². The van der Waals surface area contributed by atoms with E-state index in [4.69, 9.17) is 0 Å². The van der Waals surface area contributed by atoms with E-state index in [0.29, 0.717) is 4.63 Å². The second-order valence-electron chi connectivity index (χ2n) is 7.58. The summed E-state index contributed by atoms with van der Waals surface area (Å²) >= 11 is 7.95. The zero-order valence-electron chi connectivity index (χ0n) is 18.2. The van der Waals surface area contributed by atoms with Gasteiger partial charge in [0.15, 0.2) is 0 Å². The minimum atomic E-state index is -0.461. The molecule has 173 valence electrons. The van der Waals surface area contributed by atoms with Gasteiger partial charge in [-0.15, -0.1) is 0 Å². The first kappa shape index (κ1) is 25.3. The quantitative estimate of drug-likeness (QED) is 0.123. The number of hydrogen-bond donors (Lipinski definition) is 0. The summed E-state index contributed by atoms with van der Waals surface area (Å²) in [5.74, 6) is 0. The molecule has 0 radical (unpaired) electrons. The van der Waals surface area contributed by atoms with Gasteiger partial charge in [-0.3, -0.25) is 0 Å². The van der Waals surface area contributed by atoms with Crippen LogP contribution in [0.1, 0.15) is 12.8 Å². The topological polar surface area (TPSA) is 0 Å². The molecule has 1 unspecified atom stereocenters. The molecular weight excluding hydrogens is 617 g/mol. The summed E-state index contributed by atoms with van der Waals surface area (Å²) in [7, 11) is -0.986. The van der Waals surface area contributed by atoms with Crippen molar-refractivity contribution in [1.29, 1.82) is 0 Å². The van der Waals surface area contributed by atoms with Gasteiger partial charge in [-0.05, 0) is 0 Å². The summed E-state index contributed by atoms with van der Waals surface area (Å²) in [4.78, 5) is 0. The number of halogens is 2. The Hall–Kier alpha value is -0.806. The molecule has 0 nitrogen and oxygen atoms in total. The Bertz CT molecular complexity index is 1000. The Morgan fingerprint density at radius 2 is 0.909 bits per heavy atom. The number of hydrogen-bond acceptors (Lipinski definition) is 0. The maximum atomic E-state index is 3.97. The van der Waals surface area contributed by atoms with Crippen molar-refractivity contribution >= 4 is 65.5 Å². The third-order valence-electron chi connectivity index (χ3n) is 5.43. The standard InChI is InChI=1S/C28H27P2.2BrH.Ni/c1-5-15-25(16-6-1)29(26-17-7-2-8-18-26)23-13-14-24-30(27-19-9-3-10-20-27)28-21-11-4-12-22-28;;;/h1-12,15-23H,13-14,24H2;2*1H;/q;;;+2/p-2. The summed E-state index contributed by atoms with van der Waals surface area (Å²) in [5.41, 5.74) is 0. The van der Waals surface area contributed by atoms with Crippen molar-refractivity contribution in [1.82, 2.24) is 0 Å². The Morgan fingerprint density at radius 1 is 0.545 bits per heavy atom. The van der Waals surface area contributed by atoms with Gasteiger partial charge in [-0.2, -0.15) is 0 Å². The van der Waals surface area contributed by atoms with E-state index in [1.807, 2.05) is 0 Å². The Morgan fingerprint density at radius 3 is 1.27 bits per heavy atom. The van der Waals surface area contributed by atoms with Crippen molar-refractivity contribution in [3.63, 3.8) is 0 Å². The van der Waals surface area contributed by atoms with Crippen molar-refractivity contribution in [3.05, 3.63) is 121 Å². The fourth-order valence-corrected chi connectivity index (χ4v) is 15.0. The van der Waals surface area contributed by atoms with Gasteiger partial charge in [0.2, 0.25) is 0 Å². The molecule has 0 heterocycles. The SMILES string of the molecule is [Br][Ni]([Br])[CH](CCCP(c1ccccc1)c1ccccc1)P(c1ccccc1)c1ccccc1. The minimum absolute atomic E-state index is 0.178. The molecule has 5 heteroatoms. The molecule has 4 aromatic carbocycles. The average Bonchev–Trinajstić information content (AvgIpc) is 2.88. The van der Waals surface area contributed by atoms with Gasteiger partial charge in [-0.25, -0.2) is 0 Å². The molecule has 0 saturated heterocycles. The first-order valence-electron chi connectivity index (χ1n) is 10.9. The van der Waals surface area contributed by atoms with Crippen LogP contribution in [-0.4, -0.2) is 10.8 Å². The molecule has 0 amide bonds. The van der Waals surface area contributed by atoms with Gasteiger partial charge >= 0.3 is 220 Å². The molecule has 0 fully saturated rings. The van der Waals surface area contributed by atoms with Crippen LogP contribution in [0.2, 0.25) is 0 Å². The van der Waals surface area contributed by atoms with E-state index >= 15 is 0 Å². The summed E-state index contributed by atoms with van der Waals surface area (Å²) < 4.78 is 0.549. The van der Waals surface area contributed by atoms with Gasteiger partial charge in [-0.1, -0.05) is 0 Å². The molecule has 0 spiro atoms. The van der Waals surface area contributed by atoms with Crippen molar-refractivity contribution in [3.8, 4) is 0 Å². The molecule has 0 aliphatic heterocycles. The summed E-state index contributed by atoms with van der Waals surface area (Å²) in [5, 5.41) is 5.86. The first-order chi connectivity index (χ1) is 16.2. The molecule has 0 aliphatic rings. The van der Waals surface area contributed by atoms with Crippen LogP contribution in [-0.2, 0) is 9.87 Å². The van der Waals surface area contributed by atoms with E-state index in [-0.39, 0.29) is 17.8 Å². The zero-order chi connectivity index (χ0) is 22.9. The molecule has 4 rings (SSSR count). The van der Waals surface area contributed by atoms with Crippen molar-refractivity contribution in [2.75, 3.05) is 6.16 Å². The van der Waals surface area contributed by atoms with Crippen molar-refractivity contribution < 1.29 is 9.87 Å². The van der Waals surface area contributed by atoms with Crippen LogP contribution in [0.15, 0.2) is 121 Å². The molecule has 33 heavy (non-hydrogen) atoms. The van der Waals surface area contributed by atoms with Gasteiger partial charge in [0, 0.05) is 0 Å². The normalized spacial score (nSPS) is 12.7. The van der Waals surface area contributed by atoms with E-state index in [2.05, 4.69) is 150 Å². The van der Waals surface area contributed by atoms with Crippen LogP contribution in [0.25, 0.3) is 0 Å². The maximum absolute atomic E-state index is 3.97. The van der Waals surface area contributed by atoms with E-state index in [0.717, 1.165) is 0 Å². The van der Waals surface area contributed by atoms with Gasteiger partial charge in [0.1, 0.15) is 0 Å². The molecule has 0 bridgehead atoms. The van der Waals surface area contributed by atoms with Crippen molar-refractivity contribution in [2.45, 2.75) is 17.5 Å². The molecule has 4 aromatic rings. The van der Waals surface area contributed by atoms with Crippen LogP contribution in [0, 0.1) is 0 Å². The predicted molar refractivity (Wildman–Crippen MR) is 154 cm³/mol.